The summed E-state index contributed by atoms with van der Waals surface area (Å²) in [5.41, 5.74) is -1.21. The van der Waals surface area contributed by atoms with Gasteiger partial charge in [0.05, 0.1) is 5.41 Å². The standard InChI is InChI=1S/C16H28ClN3O4/c1-15(2,3)24-14(23)18-10-12(21)19-6-8-20(9-7-19)13(22)16(4,5)11-17/h6-11H2,1-5H3,(H,18,23). The maximum atomic E-state index is 12.3. The van der Waals surface area contributed by atoms with Crippen LogP contribution in [-0.4, -0.2) is 71.9 Å². The molecule has 0 aromatic carbocycles. The minimum atomic E-state index is -0.617. The Hall–Kier alpha value is -1.50. The Morgan fingerprint density at radius 1 is 1.00 bits per heavy atom. The fourth-order valence-electron chi connectivity index (χ4n) is 2.22. The van der Waals surface area contributed by atoms with Crippen LogP contribution in [0.3, 0.4) is 0 Å². The SMILES string of the molecule is CC(C)(C)OC(=O)NCC(=O)N1CCN(C(=O)C(C)(C)CCl)CC1. The molecule has 0 aromatic heterocycles. The quantitative estimate of drug-likeness (QED) is 0.768. The van der Waals surface area contributed by atoms with Gasteiger partial charge in [-0.2, -0.15) is 0 Å². The zero-order valence-corrected chi connectivity index (χ0v) is 15.9. The zero-order chi connectivity index (χ0) is 18.5. The molecule has 24 heavy (non-hydrogen) atoms. The van der Waals surface area contributed by atoms with Gasteiger partial charge in [-0.25, -0.2) is 4.79 Å². The number of piperazine rings is 1. The van der Waals surface area contributed by atoms with Gasteiger partial charge >= 0.3 is 6.09 Å². The summed E-state index contributed by atoms with van der Waals surface area (Å²) in [7, 11) is 0. The van der Waals surface area contributed by atoms with Gasteiger partial charge in [-0.15, -0.1) is 11.6 Å². The van der Waals surface area contributed by atoms with Crippen molar-refractivity contribution in [1.82, 2.24) is 15.1 Å². The smallest absolute Gasteiger partial charge is 0.408 e. The predicted octanol–water partition coefficient (Wildman–Crippen LogP) is 1.45. The van der Waals surface area contributed by atoms with E-state index in [9.17, 15) is 14.4 Å². The van der Waals surface area contributed by atoms with Crippen molar-refractivity contribution in [1.29, 1.82) is 0 Å². The summed E-state index contributed by atoms with van der Waals surface area (Å²) in [6.07, 6.45) is -0.617. The molecule has 1 N–H and O–H groups in total. The minimum absolute atomic E-state index is 0.00326. The van der Waals surface area contributed by atoms with Crippen molar-refractivity contribution in [2.24, 2.45) is 5.41 Å². The number of amides is 3. The van der Waals surface area contributed by atoms with Gasteiger partial charge in [-0.1, -0.05) is 0 Å². The van der Waals surface area contributed by atoms with Crippen LogP contribution in [0.25, 0.3) is 0 Å². The average molecular weight is 362 g/mol. The van der Waals surface area contributed by atoms with Crippen molar-refractivity contribution >= 4 is 29.5 Å². The van der Waals surface area contributed by atoms with Gasteiger partial charge in [0.25, 0.3) is 0 Å². The maximum absolute atomic E-state index is 12.3. The van der Waals surface area contributed by atoms with Crippen LogP contribution in [0.2, 0.25) is 0 Å². The number of carbonyl (C=O) groups is 3. The molecule has 1 aliphatic rings. The summed E-state index contributed by atoms with van der Waals surface area (Å²) < 4.78 is 5.09. The summed E-state index contributed by atoms with van der Waals surface area (Å²) in [6.45, 7) is 10.6. The molecule has 0 unspecified atom stereocenters. The van der Waals surface area contributed by atoms with Crippen molar-refractivity contribution in [3.63, 3.8) is 0 Å². The highest BCUT2D eigenvalue weighted by atomic mass is 35.5. The molecule has 1 aliphatic heterocycles. The number of ether oxygens (including phenoxy) is 1. The number of hydrogen-bond donors (Lipinski definition) is 1. The monoisotopic (exact) mass is 361 g/mol. The lowest BCUT2D eigenvalue weighted by Crippen LogP contribution is -2.55. The molecule has 0 atom stereocenters. The molecule has 138 valence electrons. The average Bonchev–Trinajstić information content (AvgIpc) is 2.50. The Labute approximate surface area is 148 Å². The van der Waals surface area contributed by atoms with Crippen LogP contribution in [0.1, 0.15) is 34.6 Å². The second-order valence-corrected chi connectivity index (χ2v) is 7.81. The number of rotatable bonds is 4. The first-order valence-corrected chi connectivity index (χ1v) is 8.60. The zero-order valence-electron chi connectivity index (χ0n) is 15.1. The van der Waals surface area contributed by atoms with E-state index < -0.39 is 17.1 Å². The Bertz CT molecular complexity index is 480. The number of hydrogen-bond acceptors (Lipinski definition) is 4. The molecule has 7 nitrogen and oxygen atoms in total. The van der Waals surface area contributed by atoms with Crippen LogP contribution in [0.5, 0.6) is 0 Å². The van der Waals surface area contributed by atoms with Crippen LogP contribution in [0, 0.1) is 5.41 Å². The van der Waals surface area contributed by atoms with E-state index in [1.165, 1.54) is 0 Å². The molecule has 8 heteroatoms. The summed E-state index contributed by atoms with van der Waals surface area (Å²) in [4.78, 5) is 39.4. The maximum Gasteiger partial charge on any atom is 0.408 e. The second kappa shape index (κ2) is 8.05. The van der Waals surface area contributed by atoms with Crippen LogP contribution in [-0.2, 0) is 14.3 Å². The highest BCUT2D eigenvalue weighted by Crippen LogP contribution is 2.21. The van der Waals surface area contributed by atoms with E-state index in [2.05, 4.69) is 5.32 Å². The molecule has 3 amide bonds. The Morgan fingerprint density at radius 3 is 1.96 bits per heavy atom. The lowest BCUT2D eigenvalue weighted by atomic mass is 9.94. The molecule has 1 heterocycles. The van der Waals surface area contributed by atoms with Crippen LogP contribution in [0.4, 0.5) is 4.79 Å². The minimum Gasteiger partial charge on any atom is -0.444 e. The first-order chi connectivity index (χ1) is 11.0. The molecule has 0 spiro atoms. The fourth-order valence-corrected chi connectivity index (χ4v) is 2.33. The molecule has 0 radical (unpaired) electrons. The number of halogens is 1. The Balaban J connectivity index is 2.41. The molecular weight excluding hydrogens is 334 g/mol. The van der Waals surface area contributed by atoms with Crippen molar-refractivity contribution in [2.45, 2.75) is 40.2 Å². The number of alkyl halides is 1. The number of alkyl carbamates (subject to hydrolysis) is 1. The lowest BCUT2D eigenvalue weighted by molar-refractivity contribution is -0.144. The third kappa shape index (κ3) is 6.19. The van der Waals surface area contributed by atoms with Crippen LogP contribution >= 0.6 is 11.6 Å². The van der Waals surface area contributed by atoms with E-state index in [0.717, 1.165) is 0 Å². The fraction of sp³-hybridized carbons (Fsp3) is 0.812. The first-order valence-electron chi connectivity index (χ1n) is 8.06. The number of carbonyl (C=O) groups excluding carboxylic acids is 3. The first kappa shape index (κ1) is 20.5. The summed E-state index contributed by atoms with van der Waals surface area (Å²) in [5, 5.41) is 2.45. The van der Waals surface area contributed by atoms with Gasteiger partial charge in [0.2, 0.25) is 11.8 Å². The molecule has 1 fully saturated rings. The number of nitrogens with one attached hydrogen (secondary N) is 1. The molecule has 1 rings (SSSR count). The Kier molecular flexibility index (Phi) is 6.89. The van der Waals surface area contributed by atoms with Gasteiger partial charge in [-0.3, -0.25) is 9.59 Å². The topological polar surface area (TPSA) is 79.0 Å². The van der Waals surface area contributed by atoms with Crippen molar-refractivity contribution < 1.29 is 19.1 Å². The van der Waals surface area contributed by atoms with Crippen molar-refractivity contribution in [2.75, 3.05) is 38.6 Å². The van der Waals surface area contributed by atoms with E-state index in [-0.39, 0.29) is 24.2 Å². The summed E-state index contributed by atoms with van der Waals surface area (Å²) >= 11 is 5.84. The van der Waals surface area contributed by atoms with E-state index in [0.29, 0.717) is 26.2 Å². The van der Waals surface area contributed by atoms with Crippen LogP contribution < -0.4 is 5.32 Å². The molecule has 0 saturated carbocycles. The normalized spacial score (nSPS) is 15.9. The van der Waals surface area contributed by atoms with Gasteiger partial charge in [0.1, 0.15) is 12.1 Å². The highest BCUT2D eigenvalue weighted by molar-refractivity contribution is 6.19. The highest BCUT2D eigenvalue weighted by Gasteiger charge is 2.33. The third-order valence-corrected chi connectivity index (χ3v) is 4.28. The third-order valence-electron chi connectivity index (χ3n) is 3.62. The van der Waals surface area contributed by atoms with Gasteiger partial charge < -0.3 is 19.9 Å². The second-order valence-electron chi connectivity index (χ2n) is 7.55. The Morgan fingerprint density at radius 2 is 1.50 bits per heavy atom. The van der Waals surface area contributed by atoms with Gasteiger partial charge in [-0.05, 0) is 34.6 Å². The van der Waals surface area contributed by atoms with E-state index >= 15 is 0 Å². The molecule has 1 saturated heterocycles. The van der Waals surface area contributed by atoms with Crippen molar-refractivity contribution in [3.05, 3.63) is 0 Å². The molecule has 0 aromatic rings. The molecule has 0 aliphatic carbocycles. The van der Waals surface area contributed by atoms with Gasteiger partial charge in [0, 0.05) is 32.1 Å². The molecular formula is C16H28ClN3O4. The number of nitrogens with zero attached hydrogens (tertiary/aromatic N) is 2. The largest absolute Gasteiger partial charge is 0.444 e. The molecule has 0 bridgehead atoms. The van der Waals surface area contributed by atoms with Gasteiger partial charge in [0.15, 0.2) is 0 Å². The van der Waals surface area contributed by atoms with E-state index in [1.54, 1.807) is 30.6 Å². The predicted molar refractivity (Wildman–Crippen MR) is 91.9 cm³/mol. The van der Waals surface area contributed by atoms with Crippen LogP contribution in [0.15, 0.2) is 0 Å². The van der Waals surface area contributed by atoms with Crippen molar-refractivity contribution in [3.8, 4) is 0 Å². The van der Waals surface area contributed by atoms with E-state index in [1.807, 2.05) is 13.8 Å². The summed E-state index contributed by atoms with van der Waals surface area (Å²) in [5.74, 6) is 0.0613. The lowest BCUT2D eigenvalue weighted by Gasteiger charge is -2.38. The van der Waals surface area contributed by atoms with E-state index in [4.69, 9.17) is 16.3 Å². The summed E-state index contributed by atoms with van der Waals surface area (Å²) in [6, 6.07) is 0.